The zero-order chi connectivity index (χ0) is 12.1. The van der Waals surface area contributed by atoms with Gasteiger partial charge in [0.25, 0.3) is 0 Å². The van der Waals surface area contributed by atoms with Gasteiger partial charge in [0, 0.05) is 13.1 Å². The molecule has 1 amide bonds. The molecule has 0 spiro atoms. The standard InChI is InChI=1S/C9H17F3N2O/c1-4-7(2)14(3)8(15)5-13-6-9(10,11)12/h7,13H,4-6H2,1-3H3. The van der Waals surface area contributed by atoms with Crippen molar-refractivity contribution in [1.29, 1.82) is 0 Å². The van der Waals surface area contributed by atoms with E-state index < -0.39 is 12.7 Å². The number of halogens is 3. The maximum atomic E-state index is 11.7. The summed E-state index contributed by atoms with van der Waals surface area (Å²) in [5.74, 6) is -0.325. The number of nitrogens with one attached hydrogen (secondary N) is 1. The predicted molar refractivity (Wildman–Crippen MR) is 51.4 cm³/mol. The van der Waals surface area contributed by atoms with Gasteiger partial charge in [-0.25, -0.2) is 0 Å². The van der Waals surface area contributed by atoms with Gasteiger partial charge < -0.3 is 10.2 Å². The van der Waals surface area contributed by atoms with Crippen molar-refractivity contribution in [1.82, 2.24) is 10.2 Å². The zero-order valence-electron chi connectivity index (χ0n) is 9.19. The highest BCUT2D eigenvalue weighted by Gasteiger charge is 2.27. The third kappa shape index (κ3) is 6.33. The first kappa shape index (κ1) is 14.2. The molecule has 1 unspecified atom stereocenters. The van der Waals surface area contributed by atoms with E-state index in [1.165, 1.54) is 4.90 Å². The highest BCUT2D eigenvalue weighted by atomic mass is 19.4. The summed E-state index contributed by atoms with van der Waals surface area (Å²) >= 11 is 0. The van der Waals surface area contributed by atoms with E-state index in [2.05, 4.69) is 5.32 Å². The Morgan fingerprint density at radius 1 is 1.47 bits per heavy atom. The van der Waals surface area contributed by atoms with Crippen molar-refractivity contribution in [3.05, 3.63) is 0 Å². The molecule has 3 nitrogen and oxygen atoms in total. The van der Waals surface area contributed by atoms with Gasteiger partial charge in [-0.05, 0) is 13.3 Å². The molecule has 15 heavy (non-hydrogen) atoms. The van der Waals surface area contributed by atoms with Gasteiger partial charge in [0.15, 0.2) is 0 Å². The van der Waals surface area contributed by atoms with Crippen LogP contribution >= 0.6 is 0 Å². The molecule has 0 aliphatic heterocycles. The first-order valence-corrected chi connectivity index (χ1v) is 4.81. The lowest BCUT2D eigenvalue weighted by atomic mass is 10.2. The van der Waals surface area contributed by atoms with Crippen molar-refractivity contribution in [3.8, 4) is 0 Å². The van der Waals surface area contributed by atoms with Crippen LogP contribution < -0.4 is 5.32 Å². The minimum absolute atomic E-state index is 0.0465. The molecule has 0 fully saturated rings. The van der Waals surface area contributed by atoms with Crippen molar-refractivity contribution in [2.45, 2.75) is 32.5 Å². The number of carbonyl (C=O) groups is 1. The highest BCUT2D eigenvalue weighted by Crippen LogP contribution is 2.12. The summed E-state index contributed by atoms with van der Waals surface area (Å²) in [5.41, 5.74) is 0. The molecule has 0 aromatic heterocycles. The Balaban J connectivity index is 3.84. The molecule has 0 heterocycles. The second kappa shape index (κ2) is 5.95. The fourth-order valence-electron chi connectivity index (χ4n) is 0.956. The van der Waals surface area contributed by atoms with Crippen LogP contribution in [-0.2, 0) is 4.79 Å². The molecule has 0 aliphatic rings. The van der Waals surface area contributed by atoms with Gasteiger partial charge in [-0.3, -0.25) is 4.79 Å². The van der Waals surface area contributed by atoms with Crippen molar-refractivity contribution >= 4 is 5.91 Å². The number of carbonyl (C=O) groups excluding carboxylic acids is 1. The second-order valence-corrected chi connectivity index (χ2v) is 3.48. The first-order chi connectivity index (χ1) is 6.78. The molecular weight excluding hydrogens is 209 g/mol. The largest absolute Gasteiger partial charge is 0.401 e. The summed E-state index contributed by atoms with van der Waals surface area (Å²) in [5, 5.41) is 2.07. The number of hydrogen-bond acceptors (Lipinski definition) is 2. The molecule has 0 rings (SSSR count). The van der Waals surface area contributed by atoms with Crippen LogP contribution in [0.4, 0.5) is 13.2 Å². The normalized spacial score (nSPS) is 13.7. The Hall–Kier alpha value is -0.780. The predicted octanol–water partition coefficient (Wildman–Crippen LogP) is 1.40. The van der Waals surface area contributed by atoms with Crippen LogP contribution in [0.2, 0.25) is 0 Å². The van der Waals surface area contributed by atoms with Gasteiger partial charge in [0.05, 0.1) is 13.1 Å². The Kier molecular flexibility index (Phi) is 5.64. The van der Waals surface area contributed by atoms with Crippen molar-refractivity contribution in [3.63, 3.8) is 0 Å². The van der Waals surface area contributed by atoms with E-state index in [1.54, 1.807) is 7.05 Å². The molecule has 0 saturated heterocycles. The van der Waals surface area contributed by atoms with Gasteiger partial charge in [0.2, 0.25) is 5.91 Å². The first-order valence-electron chi connectivity index (χ1n) is 4.81. The van der Waals surface area contributed by atoms with E-state index in [9.17, 15) is 18.0 Å². The minimum Gasteiger partial charge on any atom is -0.342 e. The minimum atomic E-state index is -4.27. The Bertz CT molecular complexity index is 206. The number of amides is 1. The van der Waals surface area contributed by atoms with Crippen LogP contribution in [0, 0.1) is 0 Å². The Morgan fingerprint density at radius 2 is 2.00 bits per heavy atom. The maximum Gasteiger partial charge on any atom is 0.401 e. The fourth-order valence-corrected chi connectivity index (χ4v) is 0.956. The van der Waals surface area contributed by atoms with E-state index in [0.717, 1.165) is 6.42 Å². The fraction of sp³-hybridized carbons (Fsp3) is 0.889. The molecule has 0 aromatic rings. The third-order valence-electron chi connectivity index (χ3n) is 2.25. The van der Waals surface area contributed by atoms with Gasteiger partial charge in [-0.2, -0.15) is 13.2 Å². The molecule has 0 saturated carbocycles. The lowest BCUT2D eigenvalue weighted by Gasteiger charge is -2.24. The van der Waals surface area contributed by atoms with Crippen molar-refractivity contribution in [2.24, 2.45) is 0 Å². The Labute approximate surface area is 87.6 Å². The summed E-state index contributed by atoms with van der Waals surface area (Å²) in [7, 11) is 1.59. The van der Waals surface area contributed by atoms with Gasteiger partial charge in [-0.15, -0.1) is 0 Å². The van der Waals surface area contributed by atoms with Crippen LogP contribution in [0.15, 0.2) is 0 Å². The molecule has 1 atom stereocenters. The quantitative estimate of drug-likeness (QED) is 0.768. The van der Waals surface area contributed by atoms with Crippen LogP contribution in [0.3, 0.4) is 0 Å². The van der Waals surface area contributed by atoms with E-state index in [4.69, 9.17) is 0 Å². The number of rotatable bonds is 5. The van der Waals surface area contributed by atoms with Crippen LogP contribution in [0.25, 0.3) is 0 Å². The lowest BCUT2D eigenvalue weighted by molar-refractivity contribution is -0.134. The molecule has 0 radical (unpaired) electrons. The Morgan fingerprint density at radius 3 is 2.40 bits per heavy atom. The second-order valence-electron chi connectivity index (χ2n) is 3.48. The molecule has 90 valence electrons. The molecule has 0 aliphatic carbocycles. The molecule has 0 aromatic carbocycles. The van der Waals surface area contributed by atoms with Crippen molar-refractivity contribution in [2.75, 3.05) is 20.1 Å². The smallest absolute Gasteiger partial charge is 0.342 e. The van der Waals surface area contributed by atoms with E-state index >= 15 is 0 Å². The average molecular weight is 226 g/mol. The van der Waals surface area contributed by atoms with Crippen molar-refractivity contribution < 1.29 is 18.0 Å². The van der Waals surface area contributed by atoms with Gasteiger partial charge in [-0.1, -0.05) is 6.92 Å². The third-order valence-corrected chi connectivity index (χ3v) is 2.25. The van der Waals surface area contributed by atoms with E-state index in [1.807, 2.05) is 13.8 Å². The average Bonchev–Trinajstić information content (AvgIpc) is 2.13. The van der Waals surface area contributed by atoms with Gasteiger partial charge >= 0.3 is 6.18 Å². The SMILES string of the molecule is CCC(C)N(C)C(=O)CNCC(F)(F)F. The molecule has 6 heteroatoms. The van der Waals surface area contributed by atoms with Crippen LogP contribution in [-0.4, -0.2) is 43.2 Å². The topological polar surface area (TPSA) is 32.3 Å². The molecule has 0 bridgehead atoms. The number of nitrogens with zero attached hydrogens (tertiary/aromatic N) is 1. The summed E-state index contributed by atoms with van der Waals surface area (Å²) in [6, 6.07) is 0.0465. The summed E-state index contributed by atoms with van der Waals surface area (Å²) < 4.78 is 35.2. The van der Waals surface area contributed by atoms with Crippen LogP contribution in [0.5, 0.6) is 0 Å². The molecular formula is C9H17F3N2O. The van der Waals surface area contributed by atoms with E-state index in [-0.39, 0.29) is 18.5 Å². The van der Waals surface area contributed by atoms with Gasteiger partial charge in [0.1, 0.15) is 0 Å². The number of hydrogen-bond donors (Lipinski definition) is 1. The monoisotopic (exact) mass is 226 g/mol. The summed E-state index contributed by atoms with van der Waals surface area (Å²) in [6.45, 7) is 2.35. The van der Waals surface area contributed by atoms with E-state index in [0.29, 0.717) is 0 Å². The highest BCUT2D eigenvalue weighted by molar-refractivity contribution is 5.78. The lowest BCUT2D eigenvalue weighted by Crippen LogP contribution is -2.42. The maximum absolute atomic E-state index is 11.7. The zero-order valence-corrected chi connectivity index (χ0v) is 9.19. The molecule has 1 N–H and O–H groups in total. The summed E-state index contributed by atoms with van der Waals surface area (Å²) in [6.07, 6.45) is -3.49. The summed E-state index contributed by atoms with van der Waals surface area (Å²) in [4.78, 5) is 12.8. The number of likely N-dealkylation sites (N-methyl/N-ethyl adjacent to an activating group) is 1. The number of alkyl halides is 3. The van der Waals surface area contributed by atoms with Crippen LogP contribution in [0.1, 0.15) is 20.3 Å².